The number of carbonyl (C=O) groups is 2. The lowest BCUT2D eigenvalue weighted by atomic mass is 9.62. The van der Waals surface area contributed by atoms with Crippen molar-refractivity contribution in [3.63, 3.8) is 0 Å². The maximum Gasteiger partial charge on any atom is 0.317 e. The van der Waals surface area contributed by atoms with E-state index in [1.165, 1.54) is 6.42 Å². The molecule has 2 aliphatic heterocycles. The van der Waals surface area contributed by atoms with E-state index in [9.17, 15) is 9.59 Å². The Kier molecular flexibility index (Phi) is 6.71. The Labute approximate surface area is 178 Å². The van der Waals surface area contributed by atoms with Gasteiger partial charge in [0.05, 0.1) is 0 Å². The SMILES string of the molecule is COC1(c2cccc(C(N)=O)c2)C2CCCC1CN(CCN1CCNC1=O)C2.Cl. The summed E-state index contributed by atoms with van der Waals surface area (Å²) < 4.78 is 6.26. The van der Waals surface area contributed by atoms with Crippen molar-refractivity contribution in [3.05, 3.63) is 35.4 Å². The summed E-state index contributed by atoms with van der Waals surface area (Å²) in [6.45, 7) is 5.08. The van der Waals surface area contributed by atoms with Crippen LogP contribution in [0.25, 0.3) is 0 Å². The van der Waals surface area contributed by atoms with Crippen LogP contribution in [-0.2, 0) is 10.3 Å². The van der Waals surface area contributed by atoms with E-state index in [-0.39, 0.29) is 24.0 Å². The van der Waals surface area contributed by atoms with E-state index in [1.54, 1.807) is 13.2 Å². The quantitative estimate of drug-likeness (QED) is 0.731. The molecule has 29 heavy (non-hydrogen) atoms. The van der Waals surface area contributed by atoms with Gasteiger partial charge in [0.15, 0.2) is 0 Å². The van der Waals surface area contributed by atoms with Crippen molar-refractivity contribution in [2.24, 2.45) is 17.6 Å². The summed E-state index contributed by atoms with van der Waals surface area (Å²) in [5, 5.41) is 2.87. The third-order valence-corrected chi connectivity index (χ3v) is 6.84. The fraction of sp³-hybridized carbons (Fsp3) is 0.619. The van der Waals surface area contributed by atoms with Gasteiger partial charge in [-0.25, -0.2) is 4.79 Å². The van der Waals surface area contributed by atoms with Gasteiger partial charge >= 0.3 is 6.03 Å². The Morgan fingerprint density at radius 2 is 2.00 bits per heavy atom. The molecule has 3 amide bonds. The van der Waals surface area contributed by atoms with Crippen LogP contribution in [0.4, 0.5) is 4.79 Å². The number of benzene rings is 1. The summed E-state index contributed by atoms with van der Waals surface area (Å²) in [5.74, 6) is 0.320. The zero-order valence-corrected chi connectivity index (χ0v) is 17.7. The van der Waals surface area contributed by atoms with Crippen molar-refractivity contribution in [2.45, 2.75) is 24.9 Å². The minimum absolute atomic E-state index is 0. The van der Waals surface area contributed by atoms with Crippen LogP contribution in [0.5, 0.6) is 0 Å². The molecule has 1 aliphatic carbocycles. The molecule has 8 heteroatoms. The number of carbonyl (C=O) groups excluding carboxylic acids is 2. The van der Waals surface area contributed by atoms with Gasteiger partial charge in [-0.15, -0.1) is 12.4 Å². The molecule has 0 aromatic heterocycles. The van der Waals surface area contributed by atoms with Gasteiger partial charge < -0.3 is 25.6 Å². The monoisotopic (exact) mass is 422 g/mol. The minimum atomic E-state index is -0.403. The van der Waals surface area contributed by atoms with Crippen molar-refractivity contribution < 1.29 is 14.3 Å². The highest BCUT2D eigenvalue weighted by atomic mass is 35.5. The maximum absolute atomic E-state index is 11.8. The van der Waals surface area contributed by atoms with Crippen molar-refractivity contribution >= 4 is 24.3 Å². The number of amides is 3. The second-order valence-corrected chi connectivity index (χ2v) is 8.25. The molecule has 2 unspecified atom stereocenters. The van der Waals surface area contributed by atoms with Crippen molar-refractivity contribution in [2.75, 3.05) is 46.4 Å². The fourth-order valence-corrected chi connectivity index (χ4v) is 5.53. The van der Waals surface area contributed by atoms with E-state index in [0.29, 0.717) is 17.4 Å². The average molecular weight is 423 g/mol. The number of hydrogen-bond acceptors (Lipinski definition) is 4. The van der Waals surface area contributed by atoms with Gasteiger partial charge in [-0.1, -0.05) is 18.6 Å². The van der Waals surface area contributed by atoms with Crippen molar-refractivity contribution in [3.8, 4) is 0 Å². The third-order valence-electron chi connectivity index (χ3n) is 6.84. The molecule has 2 saturated heterocycles. The van der Waals surface area contributed by atoms with E-state index >= 15 is 0 Å². The van der Waals surface area contributed by atoms with Crippen LogP contribution in [0.3, 0.4) is 0 Å². The second kappa shape index (κ2) is 8.90. The van der Waals surface area contributed by atoms with Crippen LogP contribution < -0.4 is 11.1 Å². The molecular weight excluding hydrogens is 392 g/mol. The number of fused-ring (bicyclic) bond motifs is 2. The standard InChI is InChI=1S/C21H30N4O3.ClH/c1-28-21(16-5-2-4-15(12-16)19(22)26)17-6-3-7-18(21)14-24(13-17)10-11-25-9-8-23-20(25)27;/h2,4-5,12,17-18H,3,6-11,13-14H2,1H3,(H2,22,26)(H,23,27);1H. The summed E-state index contributed by atoms with van der Waals surface area (Å²) >= 11 is 0. The number of primary amides is 1. The van der Waals surface area contributed by atoms with E-state index < -0.39 is 5.91 Å². The summed E-state index contributed by atoms with van der Waals surface area (Å²) in [4.78, 5) is 27.9. The van der Waals surface area contributed by atoms with Crippen LogP contribution in [-0.4, -0.2) is 68.1 Å². The van der Waals surface area contributed by atoms with Crippen LogP contribution in [0.1, 0.15) is 35.2 Å². The molecule has 3 fully saturated rings. The van der Waals surface area contributed by atoms with Gasteiger partial charge in [-0.05, 0) is 30.5 Å². The van der Waals surface area contributed by atoms with Gasteiger partial charge in [-0.3, -0.25) is 4.79 Å². The number of ether oxygens (including phenoxy) is 1. The second-order valence-electron chi connectivity index (χ2n) is 8.25. The molecule has 1 aromatic rings. The number of nitrogens with one attached hydrogen (secondary N) is 1. The van der Waals surface area contributed by atoms with Gasteiger partial charge in [-0.2, -0.15) is 0 Å². The van der Waals surface area contributed by atoms with Crippen LogP contribution in [0.2, 0.25) is 0 Å². The highest BCUT2D eigenvalue weighted by Gasteiger charge is 2.53. The zero-order chi connectivity index (χ0) is 19.7. The maximum atomic E-state index is 11.8. The number of nitrogens with two attached hydrogens (primary N) is 1. The molecule has 160 valence electrons. The van der Waals surface area contributed by atoms with E-state index in [1.807, 2.05) is 17.0 Å². The van der Waals surface area contributed by atoms with Crippen LogP contribution in [0, 0.1) is 11.8 Å². The first-order valence-electron chi connectivity index (χ1n) is 10.2. The molecule has 3 aliphatic rings. The Balaban J connectivity index is 0.00000240. The van der Waals surface area contributed by atoms with Gasteiger partial charge in [0, 0.05) is 63.8 Å². The molecule has 4 rings (SSSR count). The Bertz CT molecular complexity index is 745. The molecular formula is C21H31ClN4O3. The van der Waals surface area contributed by atoms with Crippen LogP contribution >= 0.6 is 12.4 Å². The first-order valence-corrected chi connectivity index (χ1v) is 10.2. The molecule has 7 nitrogen and oxygen atoms in total. The largest absolute Gasteiger partial charge is 0.373 e. The minimum Gasteiger partial charge on any atom is -0.373 e. The fourth-order valence-electron chi connectivity index (χ4n) is 5.53. The Hall–Kier alpha value is -1.83. The molecule has 2 heterocycles. The van der Waals surface area contributed by atoms with Gasteiger partial charge in [0.2, 0.25) is 5.91 Å². The summed E-state index contributed by atoms with van der Waals surface area (Å²) in [5.41, 5.74) is 6.76. The molecule has 1 aromatic carbocycles. The molecule has 2 bridgehead atoms. The van der Waals surface area contributed by atoms with E-state index in [4.69, 9.17) is 10.5 Å². The first kappa shape index (κ1) is 21.9. The zero-order valence-electron chi connectivity index (χ0n) is 16.9. The molecule has 0 spiro atoms. The van der Waals surface area contributed by atoms with Gasteiger partial charge in [0.1, 0.15) is 5.60 Å². The molecule has 2 atom stereocenters. The van der Waals surface area contributed by atoms with Gasteiger partial charge in [0.25, 0.3) is 0 Å². The molecule has 0 radical (unpaired) electrons. The summed E-state index contributed by atoms with van der Waals surface area (Å²) in [6, 6.07) is 7.71. The average Bonchev–Trinajstić information content (AvgIpc) is 3.10. The number of hydrogen-bond donors (Lipinski definition) is 2. The third kappa shape index (κ3) is 3.96. The number of urea groups is 1. The highest BCUT2D eigenvalue weighted by molar-refractivity contribution is 5.93. The van der Waals surface area contributed by atoms with Crippen molar-refractivity contribution in [1.29, 1.82) is 0 Å². The van der Waals surface area contributed by atoms with E-state index in [2.05, 4.69) is 16.3 Å². The lowest BCUT2D eigenvalue weighted by Crippen LogP contribution is -2.59. The first-order chi connectivity index (χ1) is 13.5. The molecule has 1 saturated carbocycles. The molecule has 3 N–H and O–H groups in total. The Morgan fingerprint density at radius 1 is 1.28 bits per heavy atom. The number of rotatable bonds is 6. The highest BCUT2D eigenvalue weighted by Crippen LogP contribution is 2.51. The smallest absolute Gasteiger partial charge is 0.317 e. The number of piperidine rings is 1. The lowest BCUT2D eigenvalue weighted by Gasteiger charge is -2.55. The topological polar surface area (TPSA) is 87.9 Å². The van der Waals surface area contributed by atoms with Crippen LogP contribution in [0.15, 0.2) is 24.3 Å². The lowest BCUT2D eigenvalue weighted by molar-refractivity contribution is -0.169. The number of nitrogens with zero attached hydrogens (tertiary/aromatic N) is 2. The number of likely N-dealkylation sites (tertiary alicyclic amines) is 1. The summed E-state index contributed by atoms with van der Waals surface area (Å²) in [6.07, 6.45) is 3.41. The van der Waals surface area contributed by atoms with Crippen molar-refractivity contribution in [1.82, 2.24) is 15.1 Å². The summed E-state index contributed by atoms with van der Waals surface area (Å²) in [7, 11) is 1.80. The Morgan fingerprint density at radius 3 is 2.59 bits per heavy atom. The predicted octanol–water partition coefficient (Wildman–Crippen LogP) is 1.81. The number of halogens is 1. The number of methoxy groups -OCH3 is 1. The predicted molar refractivity (Wildman–Crippen MR) is 113 cm³/mol. The van der Waals surface area contributed by atoms with E-state index in [0.717, 1.165) is 57.7 Å². The normalized spacial score (nSPS) is 29.3.